The van der Waals surface area contributed by atoms with Gasteiger partial charge in [-0.2, -0.15) is 0 Å². The van der Waals surface area contributed by atoms with E-state index in [1.807, 2.05) is 22.9 Å². The number of anilines is 1. The molecule has 3 heterocycles. The third kappa shape index (κ3) is 3.14. The molecule has 0 atom stereocenters. The number of carbonyl (C=O) groups excluding carboxylic acids is 1. The van der Waals surface area contributed by atoms with Gasteiger partial charge < -0.3 is 9.88 Å². The van der Waals surface area contributed by atoms with E-state index in [2.05, 4.69) is 15.5 Å². The average molecular weight is 370 g/mol. The van der Waals surface area contributed by atoms with Gasteiger partial charge in [0.05, 0.1) is 10.4 Å². The minimum Gasteiger partial charge on any atom is -0.321 e. The molecule has 0 saturated carbocycles. The van der Waals surface area contributed by atoms with Gasteiger partial charge in [-0.05, 0) is 55.0 Å². The van der Waals surface area contributed by atoms with Crippen molar-refractivity contribution in [3.05, 3.63) is 51.7 Å². The Morgan fingerprint density at radius 3 is 2.92 bits per heavy atom. The Labute approximate surface area is 154 Å². The quantitative estimate of drug-likeness (QED) is 0.742. The number of aryl methyl sites for hydroxylation is 2. The van der Waals surface area contributed by atoms with E-state index in [9.17, 15) is 9.18 Å². The number of nitrogens with zero attached hydrogens (tertiary/aromatic N) is 3. The second-order valence-corrected chi connectivity index (χ2v) is 7.40. The second-order valence-electron chi connectivity index (χ2n) is 6.48. The Balaban J connectivity index is 1.66. The summed E-state index contributed by atoms with van der Waals surface area (Å²) in [7, 11) is 0. The molecule has 0 fully saturated rings. The van der Waals surface area contributed by atoms with Crippen molar-refractivity contribution in [2.45, 2.75) is 39.2 Å². The molecule has 0 spiro atoms. The van der Waals surface area contributed by atoms with Gasteiger partial charge in [-0.15, -0.1) is 21.5 Å². The number of fused-ring (bicyclic) bond motifs is 1. The number of carbonyl (C=O) groups is 1. The van der Waals surface area contributed by atoms with Crippen molar-refractivity contribution in [1.29, 1.82) is 0 Å². The van der Waals surface area contributed by atoms with E-state index >= 15 is 0 Å². The summed E-state index contributed by atoms with van der Waals surface area (Å²) in [6.07, 6.45) is 4.12. The molecule has 5 nitrogen and oxygen atoms in total. The van der Waals surface area contributed by atoms with E-state index in [1.165, 1.54) is 17.4 Å². The van der Waals surface area contributed by atoms with Crippen LogP contribution in [0.2, 0.25) is 0 Å². The highest BCUT2D eigenvalue weighted by Crippen LogP contribution is 2.28. The second kappa shape index (κ2) is 6.99. The molecule has 3 aromatic rings. The molecular weight excluding hydrogens is 351 g/mol. The third-order valence-electron chi connectivity index (χ3n) is 4.64. The van der Waals surface area contributed by atoms with E-state index in [0.717, 1.165) is 43.6 Å². The monoisotopic (exact) mass is 370 g/mol. The Hall–Kier alpha value is -2.54. The largest absolute Gasteiger partial charge is 0.321 e. The van der Waals surface area contributed by atoms with E-state index < -0.39 is 0 Å². The van der Waals surface area contributed by atoms with Crippen LogP contribution in [0.25, 0.3) is 11.4 Å². The standard InChI is InChI=1S/C19H19FN4OS/c1-12-8-10-26-17(12)19(25)21-13-6-7-15(20)14(11-13)18-23-22-16-5-3-2-4-9-24(16)18/h6-8,10-11H,2-5,9H2,1H3,(H,21,25). The molecule has 134 valence electrons. The first-order valence-corrected chi connectivity index (χ1v) is 9.59. The van der Waals surface area contributed by atoms with Crippen LogP contribution in [0, 0.1) is 12.7 Å². The van der Waals surface area contributed by atoms with Crippen LogP contribution in [-0.2, 0) is 13.0 Å². The normalized spacial score (nSPS) is 13.9. The van der Waals surface area contributed by atoms with Crippen LogP contribution < -0.4 is 5.32 Å². The number of hydrogen-bond acceptors (Lipinski definition) is 4. The summed E-state index contributed by atoms with van der Waals surface area (Å²) >= 11 is 1.39. The molecular formula is C19H19FN4OS. The van der Waals surface area contributed by atoms with Crippen molar-refractivity contribution in [2.75, 3.05) is 5.32 Å². The zero-order valence-corrected chi connectivity index (χ0v) is 15.3. The Bertz CT molecular complexity index is 962. The van der Waals surface area contributed by atoms with Gasteiger partial charge in [0.1, 0.15) is 11.6 Å². The number of rotatable bonds is 3. The summed E-state index contributed by atoms with van der Waals surface area (Å²) in [4.78, 5) is 13.1. The van der Waals surface area contributed by atoms with Crippen molar-refractivity contribution in [1.82, 2.24) is 14.8 Å². The van der Waals surface area contributed by atoms with Crippen LogP contribution in [0.3, 0.4) is 0 Å². The summed E-state index contributed by atoms with van der Waals surface area (Å²) in [5.74, 6) is 0.883. The number of nitrogens with one attached hydrogen (secondary N) is 1. The molecule has 1 aliphatic heterocycles. The highest BCUT2D eigenvalue weighted by molar-refractivity contribution is 7.12. The van der Waals surface area contributed by atoms with E-state index in [4.69, 9.17) is 0 Å². The van der Waals surface area contributed by atoms with Crippen molar-refractivity contribution >= 4 is 22.9 Å². The number of halogens is 1. The summed E-state index contributed by atoms with van der Waals surface area (Å²) in [5, 5.41) is 13.2. The summed E-state index contributed by atoms with van der Waals surface area (Å²) in [6.45, 7) is 2.69. The number of benzene rings is 1. The first-order chi connectivity index (χ1) is 12.6. The molecule has 0 unspecified atom stereocenters. The minimum atomic E-state index is -0.366. The average Bonchev–Trinajstić information content (AvgIpc) is 3.16. The van der Waals surface area contributed by atoms with E-state index in [-0.39, 0.29) is 11.7 Å². The van der Waals surface area contributed by atoms with Crippen molar-refractivity contribution in [2.24, 2.45) is 0 Å². The van der Waals surface area contributed by atoms with Crippen molar-refractivity contribution in [3.8, 4) is 11.4 Å². The molecule has 0 saturated heterocycles. The summed E-state index contributed by atoms with van der Waals surface area (Å²) in [6, 6.07) is 6.48. The third-order valence-corrected chi connectivity index (χ3v) is 5.66. The number of amides is 1. The van der Waals surface area contributed by atoms with Crippen LogP contribution >= 0.6 is 11.3 Å². The lowest BCUT2D eigenvalue weighted by molar-refractivity contribution is 0.103. The highest BCUT2D eigenvalue weighted by atomic mass is 32.1. The predicted molar refractivity (Wildman–Crippen MR) is 100.0 cm³/mol. The lowest BCUT2D eigenvalue weighted by Crippen LogP contribution is -2.12. The molecule has 0 aliphatic carbocycles. The van der Waals surface area contributed by atoms with Crippen molar-refractivity contribution in [3.63, 3.8) is 0 Å². The molecule has 1 aliphatic rings. The number of hydrogen-bond donors (Lipinski definition) is 1. The van der Waals surface area contributed by atoms with Crippen LogP contribution in [0.4, 0.5) is 10.1 Å². The van der Waals surface area contributed by atoms with Crippen LogP contribution in [-0.4, -0.2) is 20.7 Å². The molecule has 4 rings (SSSR count). The zero-order chi connectivity index (χ0) is 18.1. The van der Waals surface area contributed by atoms with Gasteiger partial charge in [0.2, 0.25) is 0 Å². The van der Waals surface area contributed by atoms with Gasteiger partial charge in [-0.3, -0.25) is 4.79 Å². The van der Waals surface area contributed by atoms with E-state index in [1.54, 1.807) is 12.1 Å². The fourth-order valence-corrected chi connectivity index (χ4v) is 4.07. The predicted octanol–water partition coefficient (Wildman–Crippen LogP) is 4.43. The fourth-order valence-electron chi connectivity index (χ4n) is 3.25. The number of thiophene rings is 1. The van der Waals surface area contributed by atoms with Crippen LogP contribution in [0.5, 0.6) is 0 Å². The van der Waals surface area contributed by atoms with Crippen LogP contribution in [0.15, 0.2) is 29.6 Å². The number of aromatic nitrogens is 3. The summed E-state index contributed by atoms with van der Waals surface area (Å²) < 4.78 is 16.5. The lowest BCUT2D eigenvalue weighted by atomic mass is 10.1. The highest BCUT2D eigenvalue weighted by Gasteiger charge is 2.19. The van der Waals surface area contributed by atoms with Gasteiger partial charge in [0.15, 0.2) is 5.82 Å². The minimum absolute atomic E-state index is 0.185. The van der Waals surface area contributed by atoms with Crippen molar-refractivity contribution < 1.29 is 9.18 Å². The topological polar surface area (TPSA) is 59.8 Å². The zero-order valence-electron chi connectivity index (χ0n) is 14.5. The fraction of sp³-hybridized carbons (Fsp3) is 0.316. The Morgan fingerprint density at radius 2 is 2.12 bits per heavy atom. The Kier molecular flexibility index (Phi) is 4.55. The molecule has 2 aromatic heterocycles. The maximum Gasteiger partial charge on any atom is 0.265 e. The molecule has 1 N–H and O–H groups in total. The van der Waals surface area contributed by atoms with Crippen LogP contribution in [0.1, 0.15) is 40.3 Å². The van der Waals surface area contributed by atoms with E-state index in [0.29, 0.717) is 22.0 Å². The molecule has 1 aromatic carbocycles. The molecule has 7 heteroatoms. The van der Waals surface area contributed by atoms with Gasteiger partial charge >= 0.3 is 0 Å². The summed E-state index contributed by atoms with van der Waals surface area (Å²) in [5.41, 5.74) is 1.84. The first kappa shape index (κ1) is 16.9. The first-order valence-electron chi connectivity index (χ1n) is 8.71. The molecule has 26 heavy (non-hydrogen) atoms. The van der Waals surface area contributed by atoms with Gasteiger partial charge in [0.25, 0.3) is 5.91 Å². The molecule has 0 radical (unpaired) electrons. The van der Waals surface area contributed by atoms with Gasteiger partial charge in [-0.25, -0.2) is 4.39 Å². The molecule has 1 amide bonds. The SMILES string of the molecule is Cc1ccsc1C(=O)Nc1ccc(F)c(-c2nnc3n2CCCCC3)c1. The molecule has 0 bridgehead atoms. The smallest absolute Gasteiger partial charge is 0.265 e. The van der Waals surface area contributed by atoms with Gasteiger partial charge in [-0.1, -0.05) is 6.42 Å². The van der Waals surface area contributed by atoms with Gasteiger partial charge in [0, 0.05) is 18.7 Å². The Morgan fingerprint density at radius 1 is 1.23 bits per heavy atom. The maximum atomic E-state index is 14.5. The maximum absolute atomic E-state index is 14.5. The lowest BCUT2D eigenvalue weighted by Gasteiger charge is -2.10.